The first-order valence-electron chi connectivity index (χ1n) is 9.25. The molecule has 2 aromatic rings. The van der Waals surface area contributed by atoms with Gasteiger partial charge in [-0.2, -0.15) is 0 Å². The van der Waals surface area contributed by atoms with Crippen LogP contribution < -0.4 is 5.32 Å². The first-order valence-corrected chi connectivity index (χ1v) is 9.25. The van der Waals surface area contributed by atoms with Crippen LogP contribution in [0.3, 0.4) is 0 Å². The number of hydrogen-bond acceptors (Lipinski definition) is 3. The van der Waals surface area contributed by atoms with Gasteiger partial charge < -0.3 is 15.4 Å². The van der Waals surface area contributed by atoms with E-state index in [-0.39, 0.29) is 24.6 Å². The molecule has 1 amide bonds. The molecule has 0 radical (unpaired) electrons. The largest absolute Gasteiger partial charge is 0.394 e. The van der Waals surface area contributed by atoms with Crippen molar-refractivity contribution in [3.8, 4) is 0 Å². The van der Waals surface area contributed by atoms with E-state index >= 15 is 0 Å². The highest BCUT2D eigenvalue weighted by Gasteiger charge is 2.34. The van der Waals surface area contributed by atoms with E-state index in [2.05, 4.69) is 35.1 Å². The lowest BCUT2D eigenvalue weighted by Gasteiger charge is -2.32. The number of aromatic amines is 1. The molecule has 0 aliphatic carbocycles. The number of nitrogens with zero attached hydrogens (tertiary/aromatic N) is 1. The van der Waals surface area contributed by atoms with Crippen molar-refractivity contribution in [2.45, 2.75) is 64.2 Å². The summed E-state index contributed by atoms with van der Waals surface area (Å²) in [6, 6.07) is 8.50. The van der Waals surface area contributed by atoms with E-state index < -0.39 is 0 Å². The fourth-order valence-corrected chi connectivity index (χ4v) is 4.16. The number of likely N-dealkylation sites (tertiary alicyclic amines) is 1. The van der Waals surface area contributed by atoms with E-state index in [0.29, 0.717) is 18.5 Å². The normalized spacial score (nSPS) is 23.7. The van der Waals surface area contributed by atoms with Crippen LogP contribution in [0.2, 0.25) is 0 Å². The topological polar surface area (TPSA) is 68.4 Å². The molecule has 1 saturated heterocycles. The van der Waals surface area contributed by atoms with Crippen molar-refractivity contribution in [1.29, 1.82) is 0 Å². The fraction of sp³-hybridized carbons (Fsp3) is 0.550. The molecule has 4 atom stereocenters. The predicted molar refractivity (Wildman–Crippen MR) is 100 cm³/mol. The molecule has 25 heavy (non-hydrogen) atoms. The van der Waals surface area contributed by atoms with E-state index in [4.69, 9.17) is 0 Å². The van der Waals surface area contributed by atoms with Crippen LogP contribution in [0.15, 0.2) is 30.5 Å². The first kappa shape index (κ1) is 18.0. The standard InChI is InChI=1S/C20H29N3O2/c1-13-8-9-14(2)23(13)15(3)20(25)22-17(12-24)10-16-11-21-19-7-5-4-6-18(16)19/h4-7,11,13-15,17,21,24H,8-10,12H2,1-3H3,(H,22,25). The number of H-pyrrole nitrogens is 1. The number of amides is 1. The number of para-hydroxylation sites is 1. The van der Waals surface area contributed by atoms with Gasteiger partial charge in [0.15, 0.2) is 0 Å². The van der Waals surface area contributed by atoms with Crippen LogP contribution in [0.1, 0.15) is 39.2 Å². The number of carbonyl (C=O) groups excluding carboxylic acids is 1. The van der Waals surface area contributed by atoms with Gasteiger partial charge in [-0.1, -0.05) is 18.2 Å². The number of fused-ring (bicyclic) bond motifs is 1. The fourth-order valence-electron chi connectivity index (χ4n) is 4.16. The number of carbonyl (C=O) groups is 1. The van der Waals surface area contributed by atoms with Crippen LogP contribution in [0.5, 0.6) is 0 Å². The minimum atomic E-state index is -0.276. The molecule has 1 aliphatic rings. The van der Waals surface area contributed by atoms with Crippen LogP contribution >= 0.6 is 0 Å². The van der Waals surface area contributed by atoms with Gasteiger partial charge in [0, 0.05) is 29.2 Å². The zero-order valence-electron chi connectivity index (χ0n) is 15.3. The Labute approximate surface area is 149 Å². The van der Waals surface area contributed by atoms with Gasteiger partial charge in [0.05, 0.1) is 18.7 Å². The minimum Gasteiger partial charge on any atom is -0.394 e. The molecule has 0 bridgehead atoms. The maximum Gasteiger partial charge on any atom is 0.237 e. The third-order valence-electron chi connectivity index (χ3n) is 5.55. The number of aromatic nitrogens is 1. The van der Waals surface area contributed by atoms with Crippen LogP contribution in [-0.2, 0) is 11.2 Å². The highest BCUT2D eigenvalue weighted by atomic mass is 16.3. The number of aliphatic hydroxyl groups excluding tert-OH is 1. The average molecular weight is 343 g/mol. The maximum absolute atomic E-state index is 12.7. The second-order valence-electron chi connectivity index (χ2n) is 7.35. The Morgan fingerprint density at radius 2 is 2.00 bits per heavy atom. The highest BCUT2D eigenvalue weighted by Crippen LogP contribution is 2.26. The SMILES string of the molecule is CC1CCC(C)N1C(C)C(=O)NC(CO)Cc1c[nH]c2ccccc12. The molecule has 0 spiro atoms. The quantitative estimate of drug-likeness (QED) is 0.755. The summed E-state index contributed by atoms with van der Waals surface area (Å²) >= 11 is 0. The molecule has 3 rings (SSSR count). The monoisotopic (exact) mass is 343 g/mol. The van der Waals surface area contributed by atoms with Crippen molar-refractivity contribution < 1.29 is 9.90 Å². The van der Waals surface area contributed by atoms with Crippen molar-refractivity contribution in [1.82, 2.24) is 15.2 Å². The van der Waals surface area contributed by atoms with Crippen molar-refractivity contribution in [3.63, 3.8) is 0 Å². The smallest absolute Gasteiger partial charge is 0.237 e. The Morgan fingerprint density at radius 3 is 2.68 bits per heavy atom. The molecule has 1 aromatic carbocycles. The first-order chi connectivity index (χ1) is 12.0. The van der Waals surface area contributed by atoms with Gasteiger partial charge in [-0.15, -0.1) is 0 Å². The zero-order chi connectivity index (χ0) is 18.0. The Hall–Kier alpha value is -1.85. The summed E-state index contributed by atoms with van der Waals surface area (Å²) < 4.78 is 0. The molecule has 5 nitrogen and oxygen atoms in total. The number of benzene rings is 1. The Balaban J connectivity index is 1.66. The highest BCUT2D eigenvalue weighted by molar-refractivity contribution is 5.84. The molecule has 1 aromatic heterocycles. The number of hydrogen-bond donors (Lipinski definition) is 3. The molecular formula is C20H29N3O2. The number of rotatable bonds is 6. The minimum absolute atomic E-state index is 0.000471. The van der Waals surface area contributed by atoms with Crippen molar-refractivity contribution >= 4 is 16.8 Å². The van der Waals surface area contributed by atoms with E-state index in [0.717, 1.165) is 29.3 Å². The lowest BCUT2D eigenvalue weighted by Crippen LogP contribution is -2.52. The van der Waals surface area contributed by atoms with E-state index in [9.17, 15) is 9.90 Å². The van der Waals surface area contributed by atoms with E-state index in [1.54, 1.807) is 0 Å². The molecule has 0 saturated carbocycles. The molecule has 4 unspecified atom stereocenters. The average Bonchev–Trinajstić information content (AvgIpc) is 3.17. The van der Waals surface area contributed by atoms with E-state index in [1.165, 1.54) is 0 Å². The summed E-state index contributed by atoms with van der Waals surface area (Å²) in [6.45, 7) is 6.27. The van der Waals surface area contributed by atoms with Gasteiger partial charge in [0.2, 0.25) is 5.91 Å². The van der Waals surface area contributed by atoms with Gasteiger partial charge in [0.25, 0.3) is 0 Å². The number of aliphatic hydroxyl groups is 1. The zero-order valence-corrected chi connectivity index (χ0v) is 15.3. The van der Waals surface area contributed by atoms with Crippen molar-refractivity contribution in [2.75, 3.05) is 6.61 Å². The lowest BCUT2D eigenvalue weighted by atomic mass is 10.0. The van der Waals surface area contributed by atoms with Crippen molar-refractivity contribution in [3.05, 3.63) is 36.0 Å². The Bertz CT molecular complexity index is 717. The molecule has 1 fully saturated rings. The predicted octanol–water partition coefficient (Wildman–Crippen LogP) is 2.45. The van der Waals surface area contributed by atoms with Gasteiger partial charge in [-0.3, -0.25) is 9.69 Å². The summed E-state index contributed by atoms with van der Waals surface area (Å²) in [6.07, 6.45) is 4.85. The van der Waals surface area contributed by atoms with Crippen LogP contribution in [-0.4, -0.2) is 51.7 Å². The molecule has 2 heterocycles. The van der Waals surface area contributed by atoms with Gasteiger partial charge in [0.1, 0.15) is 0 Å². The third-order valence-corrected chi connectivity index (χ3v) is 5.55. The van der Waals surface area contributed by atoms with Gasteiger partial charge in [-0.25, -0.2) is 0 Å². The summed E-state index contributed by atoms with van der Waals surface area (Å²) in [7, 11) is 0. The summed E-state index contributed by atoms with van der Waals surface area (Å²) in [4.78, 5) is 18.2. The van der Waals surface area contributed by atoms with Gasteiger partial charge >= 0.3 is 0 Å². The Morgan fingerprint density at radius 1 is 1.32 bits per heavy atom. The second kappa shape index (κ2) is 7.58. The lowest BCUT2D eigenvalue weighted by molar-refractivity contribution is -0.127. The summed E-state index contributed by atoms with van der Waals surface area (Å²) in [5.74, 6) is -0.000471. The molecular weight excluding hydrogens is 314 g/mol. The molecule has 3 N–H and O–H groups in total. The maximum atomic E-state index is 12.7. The molecule has 1 aliphatic heterocycles. The number of nitrogens with one attached hydrogen (secondary N) is 2. The van der Waals surface area contributed by atoms with Gasteiger partial charge in [-0.05, 0) is 51.7 Å². The molecule has 5 heteroatoms. The molecule has 136 valence electrons. The van der Waals surface area contributed by atoms with Crippen molar-refractivity contribution in [2.24, 2.45) is 0 Å². The summed E-state index contributed by atoms with van der Waals surface area (Å²) in [5.41, 5.74) is 2.19. The van der Waals surface area contributed by atoms with Crippen LogP contribution in [0.25, 0.3) is 10.9 Å². The summed E-state index contributed by atoms with van der Waals surface area (Å²) in [5, 5.41) is 13.9. The van der Waals surface area contributed by atoms with Crippen LogP contribution in [0, 0.1) is 0 Å². The Kier molecular flexibility index (Phi) is 5.45. The second-order valence-corrected chi connectivity index (χ2v) is 7.35. The van der Waals surface area contributed by atoms with Crippen LogP contribution in [0.4, 0.5) is 0 Å². The van der Waals surface area contributed by atoms with E-state index in [1.807, 2.05) is 31.3 Å². The third kappa shape index (κ3) is 3.72.